The van der Waals surface area contributed by atoms with Crippen LogP contribution < -0.4 is 0 Å². The Bertz CT molecular complexity index is 232. The largest absolute Gasteiger partial charge is 0.317 e. The summed E-state index contributed by atoms with van der Waals surface area (Å²) < 4.78 is 5.59. The lowest BCUT2D eigenvalue weighted by Crippen LogP contribution is -2.30. The lowest BCUT2D eigenvalue weighted by Gasteiger charge is -2.19. The maximum Gasteiger partial charge on any atom is 0.207 e. The average molecular weight is 184 g/mol. The first-order valence-corrected chi connectivity index (χ1v) is 5.14. The molecule has 74 valence electrons. The van der Waals surface area contributed by atoms with Crippen LogP contribution in [0.15, 0.2) is 0 Å². The van der Waals surface area contributed by atoms with E-state index in [1.807, 2.05) is 0 Å². The molecule has 1 aliphatic heterocycles. The molecule has 3 nitrogen and oxygen atoms in total. The Kier molecular flexibility index (Phi) is 1.43. The fourth-order valence-corrected chi connectivity index (χ4v) is 3.24. The summed E-state index contributed by atoms with van der Waals surface area (Å²) in [6.45, 7) is 4.91. The predicted octanol–water partition coefficient (Wildman–Crippen LogP) is 2.07. The minimum absolute atomic E-state index is 0.310. The molecule has 2 aliphatic carbocycles. The van der Waals surface area contributed by atoms with Crippen molar-refractivity contribution in [2.45, 2.75) is 38.9 Å². The highest BCUT2D eigenvalue weighted by Crippen LogP contribution is 2.72. The van der Waals surface area contributed by atoms with E-state index in [0.717, 1.165) is 12.3 Å². The van der Waals surface area contributed by atoms with Crippen LogP contribution in [0.3, 0.4) is 0 Å². The molecule has 0 N–H and O–H groups in total. The highest BCUT2D eigenvalue weighted by Gasteiger charge is 2.72. The maximum atomic E-state index is 5.59. The maximum absolute atomic E-state index is 5.59. The van der Waals surface area contributed by atoms with Crippen molar-refractivity contribution < 1.29 is 14.5 Å². The summed E-state index contributed by atoms with van der Waals surface area (Å²) in [6, 6.07) is 0. The molecule has 13 heavy (non-hydrogen) atoms. The predicted molar refractivity (Wildman–Crippen MR) is 45.5 cm³/mol. The molecule has 0 radical (unpaired) electrons. The number of ether oxygens (including phenoxy) is 1. The molecule has 0 amide bonds. The number of hydrogen-bond donors (Lipinski definition) is 0. The lowest BCUT2D eigenvalue weighted by molar-refractivity contribution is -0.326. The number of hydrogen-bond acceptors (Lipinski definition) is 3. The Morgan fingerprint density at radius 2 is 2.15 bits per heavy atom. The molecule has 3 heteroatoms. The zero-order chi connectivity index (χ0) is 9.10. The van der Waals surface area contributed by atoms with E-state index in [-0.39, 0.29) is 5.79 Å². The summed E-state index contributed by atoms with van der Waals surface area (Å²) in [5, 5.41) is 0. The molecule has 1 saturated heterocycles. The van der Waals surface area contributed by atoms with Gasteiger partial charge in [0.1, 0.15) is 0 Å². The normalized spacial score (nSPS) is 53.3. The van der Waals surface area contributed by atoms with Gasteiger partial charge in [0.15, 0.2) is 6.79 Å². The van der Waals surface area contributed by atoms with Crippen molar-refractivity contribution in [1.29, 1.82) is 0 Å². The van der Waals surface area contributed by atoms with Gasteiger partial charge >= 0.3 is 0 Å². The van der Waals surface area contributed by atoms with Crippen molar-refractivity contribution in [2.75, 3.05) is 6.79 Å². The van der Waals surface area contributed by atoms with Crippen LogP contribution >= 0.6 is 0 Å². The van der Waals surface area contributed by atoms with Crippen LogP contribution in [0.5, 0.6) is 0 Å². The van der Waals surface area contributed by atoms with Crippen LogP contribution in [-0.4, -0.2) is 12.6 Å². The zero-order valence-electron chi connectivity index (χ0n) is 8.21. The van der Waals surface area contributed by atoms with Gasteiger partial charge in [0, 0.05) is 12.3 Å². The third-order valence-corrected chi connectivity index (χ3v) is 4.29. The highest BCUT2D eigenvalue weighted by atomic mass is 17.3. The molecule has 1 unspecified atom stereocenters. The molecular formula is C10H16O3. The highest BCUT2D eigenvalue weighted by molar-refractivity contribution is 5.15. The SMILES string of the molecule is CC(C)[C@@]12CCC3(OCOO3)[C@@H]1C2. The summed E-state index contributed by atoms with van der Waals surface area (Å²) in [7, 11) is 0. The summed E-state index contributed by atoms with van der Waals surface area (Å²) in [5.41, 5.74) is 0.508. The summed E-state index contributed by atoms with van der Waals surface area (Å²) >= 11 is 0. The van der Waals surface area contributed by atoms with Crippen LogP contribution in [0.1, 0.15) is 33.1 Å². The molecule has 1 heterocycles. The third kappa shape index (κ3) is 0.853. The van der Waals surface area contributed by atoms with E-state index in [2.05, 4.69) is 13.8 Å². The van der Waals surface area contributed by atoms with Crippen molar-refractivity contribution in [3.05, 3.63) is 0 Å². The van der Waals surface area contributed by atoms with Gasteiger partial charge in [0.25, 0.3) is 0 Å². The van der Waals surface area contributed by atoms with E-state index in [9.17, 15) is 0 Å². The Morgan fingerprint density at radius 1 is 1.31 bits per heavy atom. The molecule has 0 aromatic rings. The van der Waals surface area contributed by atoms with Crippen molar-refractivity contribution in [1.82, 2.24) is 0 Å². The van der Waals surface area contributed by atoms with Crippen LogP contribution in [0.25, 0.3) is 0 Å². The number of fused-ring (bicyclic) bond motifs is 2. The van der Waals surface area contributed by atoms with E-state index in [4.69, 9.17) is 14.5 Å². The fraction of sp³-hybridized carbons (Fsp3) is 1.00. The molecule has 3 rings (SSSR count). The van der Waals surface area contributed by atoms with Crippen molar-refractivity contribution in [2.24, 2.45) is 17.3 Å². The van der Waals surface area contributed by atoms with Crippen molar-refractivity contribution in [3.8, 4) is 0 Å². The second-order valence-electron chi connectivity index (χ2n) is 4.92. The van der Waals surface area contributed by atoms with Gasteiger partial charge in [-0.3, -0.25) is 0 Å². The molecule has 0 aromatic heterocycles. The van der Waals surface area contributed by atoms with Crippen LogP contribution in [-0.2, 0) is 14.5 Å². The van der Waals surface area contributed by atoms with Gasteiger partial charge in [0.05, 0.1) is 0 Å². The van der Waals surface area contributed by atoms with Crippen molar-refractivity contribution >= 4 is 0 Å². The summed E-state index contributed by atoms with van der Waals surface area (Å²) in [6.07, 6.45) is 3.50. The fourth-order valence-electron chi connectivity index (χ4n) is 3.24. The van der Waals surface area contributed by atoms with Gasteiger partial charge in [-0.1, -0.05) is 13.8 Å². The van der Waals surface area contributed by atoms with Gasteiger partial charge < -0.3 is 4.74 Å². The minimum atomic E-state index is -0.357. The molecule has 0 aromatic carbocycles. The molecular weight excluding hydrogens is 168 g/mol. The Balaban J connectivity index is 1.84. The summed E-state index contributed by atoms with van der Waals surface area (Å²) in [5.74, 6) is 0.969. The Morgan fingerprint density at radius 3 is 2.62 bits per heavy atom. The monoisotopic (exact) mass is 184 g/mol. The van der Waals surface area contributed by atoms with Gasteiger partial charge in [-0.2, -0.15) is 4.89 Å². The van der Waals surface area contributed by atoms with E-state index in [0.29, 0.717) is 18.1 Å². The van der Waals surface area contributed by atoms with Crippen molar-refractivity contribution in [3.63, 3.8) is 0 Å². The molecule has 3 aliphatic rings. The van der Waals surface area contributed by atoms with E-state index < -0.39 is 0 Å². The van der Waals surface area contributed by atoms with E-state index >= 15 is 0 Å². The average Bonchev–Trinajstić information content (AvgIpc) is 2.57. The standard InChI is InChI=1S/C10H16O3/c1-7(2)9-3-4-10(8(9)5-9)11-6-12-13-10/h7-8H,3-6H2,1-2H3/t8-,9+,10?/m1/s1. The third-order valence-electron chi connectivity index (χ3n) is 4.29. The molecule has 3 atom stereocenters. The van der Waals surface area contributed by atoms with Crippen LogP contribution in [0.4, 0.5) is 0 Å². The quantitative estimate of drug-likeness (QED) is 0.584. The molecule has 2 saturated carbocycles. The number of rotatable bonds is 1. The zero-order valence-corrected chi connectivity index (χ0v) is 8.21. The topological polar surface area (TPSA) is 27.7 Å². The van der Waals surface area contributed by atoms with Crippen LogP contribution in [0, 0.1) is 17.3 Å². The van der Waals surface area contributed by atoms with Crippen LogP contribution in [0.2, 0.25) is 0 Å². The lowest BCUT2D eigenvalue weighted by atomic mass is 9.90. The first kappa shape index (κ1) is 8.21. The van der Waals surface area contributed by atoms with Gasteiger partial charge in [-0.25, -0.2) is 4.89 Å². The van der Waals surface area contributed by atoms with Gasteiger partial charge in [0.2, 0.25) is 5.79 Å². The smallest absolute Gasteiger partial charge is 0.207 e. The molecule has 0 bridgehead atoms. The molecule has 1 spiro atoms. The first-order chi connectivity index (χ1) is 6.20. The Hall–Kier alpha value is -0.120. The second kappa shape index (κ2) is 2.27. The second-order valence-corrected chi connectivity index (χ2v) is 4.92. The minimum Gasteiger partial charge on any atom is -0.317 e. The van der Waals surface area contributed by atoms with Gasteiger partial charge in [-0.15, -0.1) is 0 Å². The van der Waals surface area contributed by atoms with E-state index in [1.165, 1.54) is 12.8 Å². The molecule has 3 fully saturated rings. The first-order valence-electron chi connectivity index (χ1n) is 5.14. The Labute approximate surface area is 78.3 Å². The van der Waals surface area contributed by atoms with Gasteiger partial charge in [-0.05, 0) is 24.2 Å². The summed E-state index contributed by atoms with van der Waals surface area (Å²) in [4.78, 5) is 10.2. The van der Waals surface area contributed by atoms with E-state index in [1.54, 1.807) is 0 Å².